The number of nitriles is 1. The largest absolute Gasteiger partial charge is 0.508 e. The second-order valence-electron chi connectivity index (χ2n) is 5.95. The van der Waals surface area contributed by atoms with Crippen LogP contribution < -0.4 is 0 Å². The zero-order chi connectivity index (χ0) is 17.6. The highest BCUT2D eigenvalue weighted by Gasteiger charge is 2.17. The standard InChI is InChI=1S/C19H15N5O/c1-11-3-4-16(25)12(2)18(11)15-9-22-19-13(14(15)8-20)7-17(23-19)24-6-5-21-10-24/h3-7,9-10,25H,1-2H3,(H,22,23). The number of aryl methyl sites for hydroxylation is 1. The van der Waals surface area contributed by atoms with Crippen molar-refractivity contribution in [2.75, 3.05) is 0 Å². The lowest BCUT2D eigenvalue weighted by molar-refractivity contribution is 0.471. The first-order valence-electron chi connectivity index (χ1n) is 7.80. The van der Waals surface area contributed by atoms with Crippen LogP contribution in [0.4, 0.5) is 0 Å². The van der Waals surface area contributed by atoms with E-state index in [4.69, 9.17) is 0 Å². The summed E-state index contributed by atoms with van der Waals surface area (Å²) in [6, 6.07) is 7.70. The van der Waals surface area contributed by atoms with Crippen LogP contribution in [0.2, 0.25) is 0 Å². The summed E-state index contributed by atoms with van der Waals surface area (Å²) >= 11 is 0. The summed E-state index contributed by atoms with van der Waals surface area (Å²) in [7, 11) is 0. The van der Waals surface area contributed by atoms with Gasteiger partial charge in [0.1, 0.15) is 29.6 Å². The van der Waals surface area contributed by atoms with E-state index >= 15 is 0 Å². The van der Waals surface area contributed by atoms with Crippen molar-refractivity contribution in [1.82, 2.24) is 19.5 Å². The number of rotatable bonds is 2. The normalized spacial score (nSPS) is 10.9. The van der Waals surface area contributed by atoms with E-state index in [-0.39, 0.29) is 5.75 Å². The third-order valence-corrected chi connectivity index (χ3v) is 4.45. The first-order chi connectivity index (χ1) is 12.1. The van der Waals surface area contributed by atoms with Crippen molar-refractivity contribution >= 4 is 11.0 Å². The second-order valence-corrected chi connectivity index (χ2v) is 5.95. The number of benzene rings is 1. The van der Waals surface area contributed by atoms with Crippen LogP contribution in [0.1, 0.15) is 16.7 Å². The smallest absolute Gasteiger partial charge is 0.140 e. The molecule has 0 amide bonds. The van der Waals surface area contributed by atoms with Crippen molar-refractivity contribution < 1.29 is 5.11 Å². The summed E-state index contributed by atoms with van der Waals surface area (Å²) < 4.78 is 1.83. The molecule has 0 saturated carbocycles. The molecule has 0 bridgehead atoms. The zero-order valence-corrected chi connectivity index (χ0v) is 13.8. The first-order valence-corrected chi connectivity index (χ1v) is 7.80. The molecule has 25 heavy (non-hydrogen) atoms. The molecule has 1 aromatic carbocycles. The molecule has 122 valence electrons. The quantitative estimate of drug-likeness (QED) is 0.588. The summed E-state index contributed by atoms with van der Waals surface area (Å²) in [5.41, 5.74) is 4.46. The Balaban J connectivity index is 2.01. The molecule has 0 radical (unpaired) electrons. The Hall–Kier alpha value is -3.59. The Kier molecular flexibility index (Phi) is 3.29. The molecule has 4 rings (SSSR count). The summed E-state index contributed by atoms with van der Waals surface area (Å²) in [5.74, 6) is 0.996. The van der Waals surface area contributed by atoms with E-state index in [1.54, 1.807) is 24.8 Å². The summed E-state index contributed by atoms with van der Waals surface area (Å²) in [5, 5.41) is 20.6. The number of phenolic OH excluding ortho intramolecular Hbond substituents is 1. The molecular weight excluding hydrogens is 314 g/mol. The van der Waals surface area contributed by atoms with Gasteiger partial charge in [0, 0.05) is 29.5 Å². The fourth-order valence-corrected chi connectivity index (χ4v) is 3.16. The van der Waals surface area contributed by atoms with E-state index in [0.29, 0.717) is 11.2 Å². The van der Waals surface area contributed by atoms with Crippen molar-refractivity contribution in [3.8, 4) is 28.8 Å². The van der Waals surface area contributed by atoms with Crippen LogP contribution in [0.3, 0.4) is 0 Å². The van der Waals surface area contributed by atoms with Crippen LogP contribution in [0, 0.1) is 25.2 Å². The van der Waals surface area contributed by atoms with E-state index in [9.17, 15) is 10.4 Å². The van der Waals surface area contributed by atoms with Gasteiger partial charge >= 0.3 is 0 Å². The maximum Gasteiger partial charge on any atom is 0.140 e. The number of nitrogens with zero attached hydrogens (tertiary/aromatic N) is 4. The zero-order valence-electron chi connectivity index (χ0n) is 13.8. The van der Waals surface area contributed by atoms with Gasteiger partial charge in [0.05, 0.1) is 5.56 Å². The number of aromatic nitrogens is 4. The van der Waals surface area contributed by atoms with Crippen molar-refractivity contribution in [2.24, 2.45) is 0 Å². The van der Waals surface area contributed by atoms with Gasteiger partial charge in [-0.05, 0) is 42.7 Å². The minimum Gasteiger partial charge on any atom is -0.508 e. The lowest BCUT2D eigenvalue weighted by Gasteiger charge is -2.13. The van der Waals surface area contributed by atoms with Crippen molar-refractivity contribution in [1.29, 1.82) is 5.26 Å². The number of hydrogen-bond donors (Lipinski definition) is 2. The highest BCUT2D eigenvalue weighted by Crippen LogP contribution is 2.36. The van der Waals surface area contributed by atoms with Gasteiger partial charge in [0.25, 0.3) is 0 Å². The number of hydrogen-bond acceptors (Lipinski definition) is 4. The van der Waals surface area contributed by atoms with Crippen molar-refractivity contribution in [3.63, 3.8) is 0 Å². The van der Waals surface area contributed by atoms with Crippen LogP contribution in [-0.2, 0) is 0 Å². The lowest BCUT2D eigenvalue weighted by Crippen LogP contribution is -1.94. The number of fused-ring (bicyclic) bond motifs is 1. The van der Waals surface area contributed by atoms with Crippen molar-refractivity contribution in [3.05, 3.63) is 59.8 Å². The summed E-state index contributed by atoms with van der Waals surface area (Å²) in [6.45, 7) is 3.80. The SMILES string of the molecule is Cc1ccc(O)c(C)c1-c1cnc2[nH]c(-n3ccnc3)cc2c1C#N. The molecule has 4 aromatic rings. The highest BCUT2D eigenvalue weighted by molar-refractivity contribution is 5.92. The fourth-order valence-electron chi connectivity index (χ4n) is 3.16. The molecule has 0 unspecified atom stereocenters. The average molecular weight is 329 g/mol. The Morgan fingerprint density at radius 2 is 2.12 bits per heavy atom. The minimum absolute atomic E-state index is 0.206. The predicted octanol–water partition coefficient (Wildman–Crippen LogP) is 3.61. The third-order valence-electron chi connectivity index (χ3n) is 4.45. The molecule has 0 saturated heterocycles. The summed E-state index contributed by atoms with van der Waals surface area (Å²) in [4.78, 5) is 11.7. The van der Waals surface area contributed by atoms with Gasteiger partial charge in [0.15, 0.2) is 0 Å². The number of nitrogens with one attached hydrogen (secondary N) is 1. The van der Waals surface area contributed by atoms with Gasteiger partial charge in [-0.2, -0.15) is 5.26 Å². The van der Waals surface area contributed by atoms with Crippen LogP contribution in [0.15, 0.2) is 43.1 Å². The molecule has 6 heteroatoms. The fraction of sp³-hybridized carbons (Fsp3) is 0.105. The van der Waals surface area contributed by atoms with Crippen molar-refractivity contribution in [2.45, 2.75) is 13.8 Å². The van der Waals surface area contributed by atoms with Gasteiger partial charge in [0.2, 0.25) is 0 Å². The maximum absolute atomic E-state index is 10.1. The Morgan fingerprint density at radius 3 is 2.84 bits per heavy atom. The number of pyridine rings is 1. The molecule has 3 heterocycles. The van der Waals surface area contributed by atoms with E-state index in [1.807, 2.05) is 36.7 Å². The van der Waals surface area contributed by atoms with Gasteiger partial charge in [-0.15, -0.1) is 0 Å². The van der Waals surface area contributed by atoms with Gasteiger partial charge in [-0.3, -0.25) is 4.57 Å². The predicted molar refractivity (Wildman–Crippen MR) is 94.5 cm³/mol. The molecule has 0 spiro atoms. The Morgan fingerprint density at radius 1 is 1.28 bits per heavy atom. The molecular formula is C19H15N5O. The minimum atomic E-state index is 0.206. The molecule has 0 aliphatic carbocycles. The van der Waals surface area contributed by atoms with Crippen LogP contribution >= 0.6 is 0 Å². The van der Waals surface area contributed by atoms with Gasteiger partial charge in [-0.25, -0.2) is 9.97 Å². The third kappa shape index (κ3) is 2.25. The maximum atomic E-state index is 10.1. The molecule has 0 fully saturated rings. The number of H-pyrrole nitrogens is 1. The number of aromatic hydroxyl groups is 1. The van der Waals surface area contributed by atoms with E-state index in [2.05, 4.69) is 21.0 Å². The Bertz CT molecular complexity index is 1130. The number of phenols is 1. The van der Waals surface area contributed by atoms with Crippen LogP contribution in [0.5, 0.6) is 5.75 Å². The number of aromatic amines is 1. The van der Waals surface area contributed by atoms with E-state index < -0.39 is 0 Å². The first kappa shape index (κ1) is 15.0. The monoisotopic (exact) mass is 329 g/mol. The summed E-state index contributed by atoms with van der Waals surface area (Å²) in [6.07, 6.45) is 6.88. The molecule has 0 aliphatic heterocycles. The second kappa shape index (κ2) is 5.49. The molecule has 0 aliphatic rings. The van der Waals surface area contributed by atoms with E-state index in [1.165, 1.54) is 0 Å². The van der Waals surface area contributed by atoms with Gasteiger partial charge < -0.3 is 10.1 Å². The Labute approximate surface area is 144 Å². The lowest BCUT2D eigenvalue weighted by atomic mass is 9.92. The van der Waals surface area contributed by atoms with E-state index in [0.717, 1.165) is 33.5 Å². The number of imidazole rings is 1. The topological polar surface area (TPSA) is 90.5 Å². The van der Waals surface area contributed by atoms with Crippen LogP contribution in [0.25, 0.3) is 28.0 Å². The molecule has 0 atom stereocenters. The highest BCUT2D eigenvalue weighted by atomic mass is 16.3. The van der Waals surface area contributed by atoms with Gasteiger partial charge in [-0.1, -0.05) is 6.07 Å². The molecule has 2 N–H and O–H groups in total. The van der Waals surface area contributed by atoms with Crippen LogP contribution in [-0.4, -0.2) is 24.6 Å². The molecule has 6 nitrogen and oxygen atoms in total. The molecule has 3 aromatic heterocycles. The average Bonchev–Trinajstić information content (AvgIpc) is 3.27.